The monoisotopic (exact) mass is 284 g/mol. The molecule has 0 fully saturated rings. The smallest absolute Gasteiger partial charge is 0.188 e. The average Bonchev–Trinajstić information content (AvgIpc) is 2.94. The first-order valence-corrected chi connectivity index (χ1v) is 7.72. The van der Waals surface area contributed by atoms with Crippen LogP contribution in [0.25, 0.3) is 0 Å². The zero-order chi connectivity index (χ0) is 13.9. The van der Waals surface area contributed by atoms with Crippen LogP contribution in [0.4, 0.5) is 0 Å². The van der Waals surface area contributed by atoms with Crippen molar-refractivity contribution in [1.29, 1.82) is 0 Å². The van der Waals surface area contributed by atoms with E-state index in [-0.39, 0.29) is 11.0 Å². The molecular formula is C16H16N2OS. The molecule has 0 radical (unpaired) electrons. The molecule has 3 nitrogen and oxygen atoms in total. The second kappa shape index (κ2) is 5.75. The first-order chi connectivity index (χ1) is 9.74. The number of ketones is 1. The number of carbonyl (C=O) groups excluding carboxylic acids is 1. The van der Waals surface area contributed by atoms with E-state index in [9.17, 15) is 4.79 Å². The highest BCUT2D eigenvalue weighted by Gasteiger charge is 2.20. The van der Waals surface area contributed by atoms with Gasteiger partial charge in [0.05, 0.1) is 5.25 Å². The number of aryl methyl sites for hydroxylation is 2. The predicted molar refractivity (Wildman–Crippen MR) is 80.1 cm³/mol. The summed E-state index contributed by atoms with van der Waals surface area (Å²) >= 11 is 1.41. The largest absolute Gasteiger partial charge is 0.293 e. The second-order valence-corrected chi connectivity index (χ2v) is 6.30. The molecule has 102 valence electrons. The van der Waals surface area contributed by atoms with Gasteiger partial charge in [-0.05, 0) is 49.4 Å². The predicted octanol–water partition coefficient (Wildman–Crippen LogP) is 3.33. The van der Waals surface area contributed by atoms with E-state index in [1.54, 1.807) is 18.5 Å². The lowest BCUT2D eigenvalue weighted by Crippen LogP contribution is -2.14. The SMILES string of the molecule is CC(Sc1ncccn1)C(=O)c1ccc2c(c1)CCC2. The molecule has 4 heteroatoms. The fraction of sp³-hybridized carbons (Fsp3) is 0.312. The van der Waals surface area contributed by atoms with Crippen LogP contribution in [0, 0.1) is 0 Å². The zero-order valence-electron chi connectivity index (χ0n) is 11.4. The second-order valence-electron chi connectivity index (χ2n) is 4.99. The molecule has 1 aliphatic rings. The summed E-state index contributed by atoms with van der Waals surface area (Å²) in [6.45, 7) is 1.91. The summed E-state index contributed by atoms with van der Waals surface area (Å²) in [5, 5.41) is 0.478. The molecule has 0 bridgehead atoms. The van der Waals surface area contributed by atoms with Crippen LogP contribution in [0.5, 0.6) is 0 Å². The fourth-order valence-electron chi connectivity index (χ4n) is 2.52. The number of aromatic nitrogens is 2. The Morgan fingerprint density at radius 1 is 1.20 bits per heavy atom. The zero-order valence-corrected chi connectivity index (χ0v) is 12.2. The van der Waals surface area contributed by atoms with Crippen LogP contribution >= 0.6 is 11.8 Å². The summed E-state index contributed by atoms with van der Waals surface area (Å²) < 4.78 is 0. The highest BCUT2D eigenvalue weighted by atomic mass is 32.2. The molecule has 0 N–H and O–H groups in total. The first kappa shape index (κ1) is 13.3. The number of carbonyl (C=O) groups is 1. The van der Waals surface area contributed by atoms with Crippen molar-refractivity contribution in [3.63, 3.8) is 0 Å². The Morgan fingerprint density at radius 3 is 2.75 bits per heavy atom. The van der Waals surface area contributed by atoms with Crippen molar-refractivity contribution in [2.45, 2.75) is 36.6 Å². The molecule has 0 saturated carbocycles. The van der Waals surface area contributed by atoms with Crippen LogP contribution < -0.4 is 0 Å². The molecule has 3 rings (SSSR count). The van der Waals surface area contributed by atoms with Gasteiger partial charge < -0.3 is 0 Å². The maximum atomic E-state index is 12.5. The van der Waals surface area contributed by atoms with Gasteiger partial charge in [-0.3, -0.25) is 4.79 Å². The summed E-state index contributed by atoms with van der Waals surface area (Å²) in [7, 11) is 0. The summed E-state index contributed by atoms with van der Waals surface area (Å²) in [6.07, 6.45) is 6.84. The van der Waals surface area contributed by atoms with Gasteiger partial charge in [0.15, 0.2) is 10.9 Å². The van der Waals surface area contributed by atoms with Crippen molar-refractivity contribution in [2.75, 3.05) is 0 Å². The van der Waals surface area contributed by atoms with E-state index in [0.717, 1.165) is 18.4 Å². The maximum absolute atomic E-state index is 12.5. The molecule has 0 spiro atoms. The van der Waals surface area contributed by atoms with Crippen molar-refractivity contribution in [3.8, 4) is 0 Å². The third-order valence-corrected chi connectivity index (χ3v) is 4.57. The van der Waals surface area contributed by atoms with E-state index in [1.807, 2.05) is 13.0 Å². The Labute approximate surface area is 122 Å². The van der Waals surface area contributed by atoms with Gasteiger partial charge in [-0.2, -0.15) is 0 Å². The standard InChI is InChI=1S/C16H16N2OS/c1-11(20-16-17-8-3-9-18-16)15(19)14-7-6-12-4-2-5-13(12)10-14/h3,6-11H,2,4-5H2,1H3. The van der Waals surface area contributed by atoms with E-state index < -0.39 is 0 Å². The van der Waals surface area contributed by atoms with Crippen LogP contribution in [0.15, 0.2) is 41.8 Å². The van der Waals surface area contributed by atoms with Crippen LogP contribution in [0.3, 0.4) is 0 Å². The Balaban J connectivity index is 1.75. The number of fused-ring (bicyclic) bond motifs is 1. The summed E-state index contributed by atoms with van der Waals surface area (Å²) in [4.78, 5) is 20.8. The lowest BCUT2D eigenvalue weighted by Gasteiger charge is -2.10. The van der Waals surface area contributed by atoms with Crippen LogP contribution in [-0.4, -0.2) is 21.0 Å². The summed E-state index contributed by atoms with van der Waals surface area (Å²) in [5.74, 6) is 0.150. The number of thioether (sulfide) groups is 1. The summed E-state index contributed by atoms with van der Waals surface area (Å²) in [5.41, 5.74) is 3.54. The van der Waals surface area contributed by atoms with Crippen molar-refractivity contribution >= 4 is 17.5 Å². The molecule has 1 aromatic heterocycles. The minimum Gasteiger partial charge on any atom is -0.293 e. The van der Waals surface area contributed by atoms with E-state index in [4.69, 9.17) is 0 Å². The topological polar surface area (TPSA) is 42.9 Å². The van der Waals surface area contributed by atoms with Gasteiger partial charge in [0.1, 0.15) is 0 Å². The fourth-order valence-corrected chi connectivity index (χ4v) is 3.32. The molecule has 1 aliphatic carbocycles. The molecule has 1 heterocycles. The van der Waals surface area contributed by atoms with Crippen molar-refractivity contribution in [1.82, 2.24) is 9.97 Å². The summed E-state index contributed by atoms with van der Waals surface area (Å²) in [6, 6.07) is 7.89. The first-order valence-electron chi connectivity index (χ1n) is 6.84. The quantitative estimate of drug-likeness (QED) is 0.491. The van der Waals surface area contributed by atoms with E-state index in [0.29, 0.717) is 5.16 Å². The number of Topliss-reactive ketones (excluding diaryl/α,β-unsaturated/α-hetero) is 1. The van der Waals surface area contributed by atoms with Crippen molar-refractivity contribution < 1.29 is 4.79 Å². The minimum absolute atomic E-state index is 0.150. The Kier molecular flexibility index (Phi) is 3.83. The van der Waals surface area contributed by atoms with Gasteiger partial charge in [0.25, 0.3) is 0 Å². The van der Waals surface area contributed by atoms with Gasteiger partial charge in [-0.15, -0.1) is 0 Å². The molecule has 0 aliphatic heterocycles. The highest BCUT2D eigenvalue weighted by molar-refractivity contribution is 8.00. The average molecular weight is 284 g/mol. The molecular weight excluding hydrogens is 268 g/mol. The lowest BCUT2D eigenvalue weighted by atomic mass is 10.0. The van der Waals surface area contributed by atoms with Crippen LogP contribution in [0.2, 0.25) is 0 Å². The van der Waals surface area contributed by atoms with Crippen molar-refractivity contribution in [3.05, 3.63) is 53.3 Å². The molecule has 1 atom stereocenters. The van der Waals surface area contributed by atoms with Gasteiger partial charge in [0, 0.05) is 18.0 Å². The number of hydrogen-bond acceptors (Lipinski definition) is 4. The van der Waals surface area contributed by atoms with Gasteiger partial charge in [-0.25, -0.2) is 9.97 Å². The number of hydrogen-bond donors (Lipinski definition) is 0. The Hall–Kier alpha value is -1.68. The van der Waals surface area contributed by atoms with E-state index in [2.05, 4.69) is 22.1 Å². The normalized spacial score (nSPS) is 14.8. The molecule has 0 amide bonds. The lowest BCUT2D eigenvalue weighted by molar-refractivity contribution is 0.0994. The number of nitrogens with zero attached hydrogens (tertiary/aromatic N) is 2. The maximum Gasteiger partial charge on any atom is 0.188 e. The van der Waals surface area contributed by atoms with Gasteiger partial charge >= 0.3 is 0 Å². The third kappa shape index (κ3) is 2.75. The van der Waals surface area contributed by atoms with Gasteiger partial charge in [-0.1, -0.05) is 23.9 Å². The van der Waals surface area contributed by atoms with Gasteiger partial charge in [0.2, 0.25) is 0 Å². The molecule has 1 unspecified atom stereocenters. The number of benzene rings is 1. The van der Waals surface area contributed by atoms with Crippen LogP contribution in [0.1, 0.15) is 34.8 Å². The molecule has 1 aromatic carbocycles. The molecule has 20 heavy (non-hydrogen) atoms. The van der Waals surface area contributed by atoms with Crippen molar-refractivity contribution in [2.24, 2.45) is 0 Å². The van der Waals surface area contributed by atoms with E-state index in [1.165, 1.54) is 29.3 Å². The minimum atomic E-state index is -0.170. The molecule has 2 aromatic rings. The van der Waals surface area contributed by atoms with Crippen LogP contribution in [-0.2, 0) is 12.8 Å². The molecule has 0 saturated heterocycles. The highest BCUT2D eigenvalue weighted by Crippen LogP contribution is 2.26. The Bertz CT molecular complexity index is 628. The third-order valence-electron chi connectivity index (χ3n) is 3.58. The number of rotatable bonds is 4. The Morgan fingerprint density at radius 2 is 1.95 bits per heavy atom. The van der Waals surface area contributed by atoms with E-state index >= 15 is 0 Å².